The summed E-state index contributed by atoms with van der Waals surface area (Å²) in [7, 11) is 0. The van der Waals surface area contributed by atoms with Gasteiger partial charge >= 0.3 is 12.5 Å². The predicted octanol–water partition coefficient (Wildman–Crippen LogP) is 5.32. The fraction of sp³-hybridized carbons (Fsp3) is 0.318. The quantitative estimate of drug-likeness (QED) is 0.335. The van der Waals surface area contributed by atoms with E-state index < -0.39 is 24.3 Å². The van der Waals surface area contributed by atoms with Crippen LogP contribution in [0.5, 0.6) is 5.75 Å². The van der Waals surface area contributed by atoms with Crippen LogP contribution < -0.4 is 10.5 Å². The van der Waals surface area contributed by atoms with Gasteiger partial charge in [0.15, 0.2) is 17.2 Å². The molecule has 3 aromatic heterocycles. The van der Waals surface area contributed by atoms with Gasteiger partial charge in [-0.3, -0.25) is 9.30 Å². The number of nitrogens with two attached hydrogens (primary N) is 1. The Morgan fingerprint density at radius 3 is 2.38 bits per heavy atom. The zero-order valence-electron chi connectivity index (χ0n) is 18.7. The zero-order valence-corrected chi connectivity index (χ0v) is 20.3. The van der Waals surface area contributed by atoms with Crippen molar-refractivity contribution in [2.24, 2.45) is 5.73 Å². The van der Waals surface area contributed by atoms with Gasteiger partial charge in [-0.1, -0.05) is 24.3 Å². The molecular formula is C22H20Cl2F6N6O. The first kappa shape index (κ1) is 28.7. The molecule has 4 heterocycles. The Morgan fingerprint density at radius 1 is 0.973 bits per heavy atom. The third-order valence-corrected chi connectivity index (χ3v) is 5.81. The molecule has 37 heavy (non-hydrogen) atoms. The van der Waals surface area contributed by atoms with E-state index in [-0.39, 0.29) is 72.2 Å². The van der Waals surface area contributed by atoms with E-state index in [0.717, 1.165) is 6.07 Å². The molecule has 2 atom stereocenters. The van der Waals surface area contributed by atoms with Crippen LogP contribution in [0.15, 0.2) is 48.7 Å². The van der Waals surface area contributed by atoms with E-state index in [1.807, 2.05) is 0 Å². The second-order valence-electron chi connectivity index (χ2n) is 8.27. The molecule has 0 radical (unpaired) electrons. The number of rotatable bonds is 4. The fourth-order valence-electron chi connectivity index (χ4n) is 4.35. The largest absolute Gasteiger partial charge is 0.573 e. The lowest BCUT2D eigenvalue weighted by molar-refractivity contribution is -0.274. The van der Waals surface area contributed by atoms with Crippen molar-refractivity contribution in [1.82, 2.24) is 24.5 Å². The third-order valence-electron chi connectivity index (χ3n) is 5.81. The van der Waals surface area contributed by atoms with Crippen molar-refractivity contribution in [3.05, 3.63) is 54.2 Å². The molecule has 0 bridgehead atoms. The number of aromatic nitrogens is 4. The van der Waals surface area contributed by atoms with Crippen LogP contribution in [0.3, 0.4) is 0 Å². The monoisotopic (exact) mass is 568 g/mol. The first-order valence-corrected chi connectivity index (χ1v) is 10.6. The average molecular weight is 569 g/mol. The van der Waals surface area contributed by atoms with Crippen molar-refractivity contribution in [3.63, 3.8) is 0 Å². The molecule has 0 saturated carbocycles. The number of hydrogen-bond acceptors (Lipinski definition) is 6. The highest BCUT2D eigenvalue weighted by Gasteiger charge is 2.46. The Labute approximate surface area is 218 Å². The molecule has 1 aromatic carbocycles. The SMILES string of the molecule is Cl.Cl.N[C@H]1CCN([C@H](c2ccc3nnc(-c4ccc5cccc(OC(F)(F)F)c5n4)n3c2)C(F)(F)F)C1. The minimum absolute atomic E-state index is 0. The van der Waals surface area contributed by atoms with Gasteiger partial charge in [-0.15, -0.1) is 48.2 Å². The molecule has 5 rings (SSSR count). The van der Waals surface area contributed by atoms with Crippen LogP contribution in [-0.2, 0) is 0 Å². The summed E-state index contributed by atoms with van der Waals surface area (Å²) < 4.78 is 86.1. The predicted molar refractivity (Wildman–Crippen MR) is 128 cm³/mol. The molecule has 200 valence electrons. The van der Waals surface area contributed by atoms with E-state index in [1.54, 1.807) is 6.07 Å². The van der Waals surface area contributed by atoms with Crippen LogP contribution in [-0.4, -0.2) is 56.2 Å². The van der Waals surface area contributed by atoms with Crippen molar-refractivity contribution >= 4 is 41.4 Å². The minimum Gasteiger partial charge on any atom is -0.403 e. The summed E-state index contributed by atoms with van der Waals surface area (Å²) in [6.45, 7) is 0.304. The zero-order chi connectivity index (χ0) is 25.0. The summed E-state index contributed by atoms with van der Waals surface area (Å²) in [4.78, 5) is 5.55. The lowest BCUT2D eigenvalue weighted by atomic mass is 10.1. The van der Waals surface area contributed by atoms with Gasteiger partial charge < -0.3 is 10.5 Å². The second kappa shape index (κ2) is 10.5. The number of halogens is 8. The molecule has 0 aliphatic carbocycles. The Kier molecular flexibility index (Phi) is 8.13. The average Bonchev–Trinajstić information content (AvgIpc) is 3.38. The van der Waals surface area contributed by atoms with Gasteiger partial charge in [0, 0.05) is 30.7 Å². The number of alkyl halides is 6. The first-order chi connectivity index (χ1) is 16.5. The first-order valence-electron chi connectivity index (χ1n) is 10.6. The van der Waals surface area contributed by atoms with Gasteiger partial charge in [0.1, 0.15) is 17.3 Å². The highest BCUT2D eigenvalue weighted by molar-refractivity contribution is 5.86. The van der Waals surface area contributed by atoms with E-state index >= 15 is 0 Å². The lowest BCUT2D eigenvalue weighted by Crippen LogP contribution is -2.38. The van der Waals surface area contributed by atoms with Crippen molar-refractivity contribution in [1.29, 1.82) is 0 Å². The molecule has 1 aliphatic rings. The van der Waals surface area contributed by atoms with Crippen LogP contribution in [0.25, 0.3) is 28.1 Å². The Bertz CT molecular complexity index is 1400. The topological polar surface area (TPSA) is 81.6 Å². The lowest BCUT2D eigenvalue weighted by Gasteiger charge is -2.30. The van der Waals surface area contributed by atoms with E-state index in [9.17, 15) is 26.3 Å². The molecule has 1 fully saturated rings. The molecular weight excluding hydrogens is 549 g/mol. The number of fused-ring (bicyclic) bond motifs is 2. The minimum atomic E-state index is -4.92. The van der Waals surface area contributed by atoms with E-state index in [0.29, 0.717) is 11.8 Å². The molecule has 0 amide bonds. The number of nitrogens with zero attached hydrogens (tertiary/aromatic N) is 5. The molecule has 7 nitrogen and oxygen atoms in total. The summed E-state index contributed by atoms with van der Waals surface area (Å²) >= 11 is 0. The number of para-hydroxylation sites is 1. The molecule has 2 N–H and O–H groups in total. The van der Waals surface area contributed by atoms with E-state index in [4.69, 9.17) is 5.73 Å². The maximum absolute atomic E-state index is 14.0. The van der Waals surface area contributed by atoms with Crippen molar-refractivity contribution in [2.45, 2.75) is 31.0 Å². The molecule has 1 saturated heterocycles. The Balaban J connectivity index is 0.00000190. The van der Waals surface area contributed by atoms with Crippen molar-refractivity contribution in [2.75, 3.05) is 13.1 Å². The van der Waals surface area contributed by atoms with Crippen LogP contribution in [0.2, 0.25) is 0 Å². The van der Waals surface area contributed by atoms with Gasteiger partial charge in [0.25, 0.3) is 0 Å². The number of pyridine rings is 2. The summed E-state index contributed by atoms with van der Waals surface area (Å²) in [5, 5.41) is 8.38. The van der Waals surface area contributed by atoms with Crippen molar-refractivity contribution < 1.29 is 31.1 Å². The Morgan fingerprint density at radius 2 is 1.73 bits per heavy atom. The normalized spacial score (nSPS) is 17.4. The molecule has 0 spiro atoms. The number of likely N-dealkylation sites (tertiary alicyclic amines) is 1. The molecule has 4 aromatic rings. The molecule has 0 unspecified atom stereocenters. The van der Waals surface area contributed by atoms with E-state index in [2.05, 4.69) is 19.9 Å². The van der Waals surface area contributed by atoms with Gasteiger partial charge in [-0.2, -0.15) is 13.2 Å². The Hall–Kier alpha value is -2.87. The number of hydrogen-bond donors (Lipinski definition) is 1. The van der Waals surface area contributed by atoms with Gasteiger partial charge in [0.05, 0.1) is 0 Å². The number of benzene rings is 1. The highest BCUT2D eigenvalue weighted by atomic mass is 35.5. The maximum Gasteiger partial charge on any atom is 0.573 e. The third kappa shape index (κ3) is 5.84. The highest BCUT2D eigenvalue weighted by Crippen LogP contribution is 2.39. The molecule has 15 heteroatoms. The summed E-state index contributed by atoms with van der Waals surface area (Å²) in [5.41, 5.74) is 6.09. The van der Waals surface area contributed by atoms with Crippen LogP contribution in [0, 0.1) is 0 Å². The fourth-order valence-corrected chi connectivity index (χ4v) is 4.35. The van der Waals surface area contributed by atoms with Crippen LogP contribution >= 0.6 is 24.8 Å². The van der Waals surface area contributed by atoms with Gasteiger partial charge in [-0.05, 0) is 30.2 Å². The number of ether oxygens (including phenoxy) is 1. The second-order valence-corrected chi connectivity index (χ2v) is 8.27. The van der Waals surface area contributed by atoms with E-state index in [1.165, 1.54) is 45.8 Å². The van der Waals surface area contributed by atoms with Crippen LogP contribution in [0.4, 0.5) is 26.3 Å². The summed E-state index contributed by atoms with van der Waals surface area (Å²) in [6, 6.07) is 7.62. The summed E-state index contributed by atoms with van der Waals surface area (Å²) in [6.07, 6.45) is -7.75. The van der Waals surface area contributed by atoms with Crippen molar-refractivity contribution in [3.8, 4) is 17.3 Å². The standard InChI is InChI=1S/C22H18F6N6O.2ClH/c23-21(24,25)19(33-9-8-14(29)11-33)13-5-7-17-31-32-20(34(17)10-13)15-6-4-12-2-1-3-16(18(12)30-15)35-22(26,27)28;;/h1-7,10,14,19H,8-9,11,29H2;2*1H/t14-,19+;;/m0../s1. The smallest absolute Gasteiger partial charge is 0.403 e. The summed E-state index contributed by atoms with van der Waals surface area (Å²) in [5.74, 6) is -0.432. The van der Waals surface area contributed by atoms with Gasteiger partial charge in [-0.25, -0.2) is 4.98 Å². The van der Waals surface area contributed by atoms with Crippen LogP contribution in [0.1, 0.15) is 18.0 Å². The van der Waals surface area contributed by atoms with Gasteiger partial charge in [0.2, 0.25) is 0 Å². The molecule has 1 aliphatic heterocycles. The maximum atomic E-state index is 14.0.